The van der Waals surface area contributed by atoms with E-state index in [-0.39, 0.29) is 0 Å². The molecule has 3 fully saturated rings. The normalized spacial score (nSPS) is 30.3. The van der Waals surface area contributed by atoms with Crippen molar-refractivity contribution in [3.8, 4) is 5.75 Å². The maximum atomic E-state index is 5.29. The van der Waals surface area contributed by atoms with Crippen molar-refractivity contribution in [3.63, 3.8) is 0 Å². The zero-order valence-corrected chi connectivity index (χ0v) is 12.9. The van der Waals surface area contributed by atoms with Gasteiger partial charge < -0.3 is 10.1 Å². The van der Waals surface area contributed by atoms with Crippen LogP contribution in [0.25, 0.3) is 0 Å². The van der Waals surface area contributed by atoms with Crippen molar-refractivity contribution in [2.75, 3.05) is 20.2 Å². The number of rotatable bonds is 5. The molecule has 3 atom stereocenters. The second kappa shape index (κ2) is 5.62. The monoisotopic (exact) mass is 286 g/mol. The van der Waals surface area contributed by atoms with Crippen LogP contribution in [0.3, 0.4) is 0 Å². The molecular formula is C18H26N2O. The van der Waals surface area contributed by atoms with Crippen LogP contribution < -0.4 is 10.1 Å². The number of hydrogen-bond donors (Lipinski definition) is 1. The highest BCUT2D eigenvalue weighted by Gasteiger charge is 2.40. The Morgan fingerprint density at radius 3 is 2.62 bits per heavy atom. The first kappa shape index (κ1) is 13.6. The van der Waals surface area contributed by atoms with E-state index in [4.69, 9.17) is 4.74 Å². The van der Waals surface area contributed by atoms with Gasteiger partial charge in [-0.2, -0.15) is 0 Å². The summed E-state index contributed by atoms with van der Waals surface area (Å²) in [5.74, 6) is 1.80. The van der Waals surface area contributed by atoms with Crippen molar-refractivity contribution in [2.45, 2.75) is 50.2 Å². The summed E-state index contributed by atoms with van der Waals surface area (Å²) in [4.78, 5) is 2.69. The van der Waals surface area contributed by atoms with Crippen LogP contribution in [0.2, 0.25) is 0 Å². The minimum atomic E-state index is 0.543. The summed E-state index contributed by atoms with van der Waals surface area (Å²) < 4.78 is 5.29. The third-order valence-electron chi connectivity index (χ3n) is 5.57. The summed E-state index contributed by atoms with van der Waals surface area (Å²) >= 11 is 0. The fourth-order valence-electron chi connectivity index (χ4n) is 4.25. The van der Waals surface area contributed by atoms with Crippen LogP contribution in [0.1, 0.15) is 43.7 Å². The fourth-order valence-corrected chi connectivity index (χ4v) is 4.25. The first-order valence-corrected chi connectivity index (χ1v) is 8.49. The van der Waals surface area contributed by atoms with Gasteiger partial charge in [-0.1, -0.05) is 12.1 Å². The van der Waals surface area contributed by atoms with E-state index in [0.29, 0.717) is 12.1 Å². The summed E-state index contributed by atoms with van der Waals surface area (Å²) in [5, 5.41) is 4.02. The molecule has 3 nitrogen and oxygen atoms in total. The molecule has 0 amide bonds. The Bertz CT molecular complexity index is 482. The quantitative estimate of drug-likeness (QED) is 0.900. The minimum Gasteiger partial charge on any atom is -0.497 e. The third-order valence-corrected chi connectivity index (χ3v) is 5.57. The van der Waals surface area contributed by atoms with Gasteiger partial charge in [0.2, 0.25) is 0 Å². The SMILES string of the molecule is COc1ccc(C(NC2CCN3CCCC23)C2CC2)cc1. The molecule has 1 N–H and O–H groups in total. The number of nitrogens with one attached hydrogen (secondary N) is 1. The van der Waals surface area contributed by atoms with Crippen LogP contribution in [-0.4, -0.2) is 37.2 Å². The molecule has 1 aromatic carbocycles. The topological polar surface area (TPSA) is 24.5 Å². The molecule has 0 radical (unpaired) electrons. The third kappa shape index (κ3) is 2.69. The predicted molar refractivity (Wildman–Crippen MR) is 84.6 cm³/mol. The van der Waals surface area contributed by atoms with E-state index in [2.05, 4.69) is 34.5 Å². The molecule has 21 heavy (non-hydrogen) atoms. The van der Waals surface area contributed by atoms with Gasteiger partial charge in [-0.25, -0.2) is 0 Å². The number of hydrogen-bond acceptors (Lipinski definition) is 3. The summed E-state index contributed by atoms with van der Waals surface area (Å²) in [6.07, 6.45) is 6.86. The first-order valence-electron chi connectivity index (χ1n) is 8.49. The highest BCUT2D eigenvalue weighted by atomic mass is 16.5. The molecule has 1 aliphatic carbocycles. The van der Waals surface area contributed by atoms with E-state index in [1.165, 1.54) is 50.8 Å². The molecule has 0 aromatic heterocycles. The van der Waals surface area contributed by atoms with Crippen LogP contribution in [0.15, 0.2) is 24.3 Å². The van der Waals surface area contributed by atoms with E-state index in [1.54, 1.807) is 7.11 Å². The Labute approximate surface area is 127 Å². The number of methoxy groups -OCH3 is 1. The second-order valence-electron chi connectivity index (χ2n) is 6.90. The van der Waals surface area contributed by atoms with Gasteiger partial charge in [0.15, 0.2) is 0 Å². The Balaban J connectivity index is 1.49. The molecule has 0 spiro atoms. The van der Waals surface area contributed by atoms with Crippen molar-refractivity contribution in [3.05, 3.63) is 29.8 Å². The Morgan fingerprint density at radius 1 is 1.10 bits per heavy atom. The number of benzene rings is 1. The molecule has 4 rings (SSSR count). The van der Waals surface area contributed by atoms with Crippen molar-refractivity contribution in [1.82, 2.24) is 10.2 Å². The summed E-state index contributed by atoms with van der Waals surface area (Å²) in [6, 6.07) is 10.7. The summed E-state index contributed by atoms with van der Waals surface area (Å²) in [6.45, 7) is 2.61. The maximum Gasteiger partial charge on any atom is 0.118 e. The average Bonchev–Trinajstić information content (AvgIpc) is 3.13. The van der Waals surface area contributed by atoms with Gasteiger partial charge in [-0.3, -0.25) is 4.90 Å². The lowest BCUT2D eigenvalue weighted by molar-refractivity contribution is 0.283. The Kier molecular flexibility index (Phi) is 3.64. The van der Waals surface area contributed by atoms with Gasteiger partial charge in [-0.05, 0) is 62.3 Å². The zero-order chi connectivity index (χ0) is 14.2. The highest BCUT2D eigenvalue weighted by molar-refractivity contribution is 5.30. The second-order valence-corrected chi connectivity index (χ2v) is 6.90. The van der Waals surface area contributed by atoms with Crippen molar-refractivity contribution < 1.29 is 4.74 Å². The average molecular weight is 286 g/mol. The van der Waals surface area contributed by atoms with Crippen molar-refractivity contribution >= 4 is 0 Å². The zero-order valence-electron chi connectivity index (χ0n) is 12.9. The highest BCUT2D eigenvalue weighted by Crippen LogP contribution is 2.42. The lowest BCUT2D eigenvalue weighted by atomic mass is 9.98. The van der Waals surface area contributed by atoms with Crippen LogP contribution in [0.4, 0.5) is 0 Å². The molecule has 3 aliphatic rings. The number of fused-ring (bicyclic) bond motifs is 1. The molecule has 3 heteroatoms. The van der Waals surface area contributed by atoms with E-state index < -0.39 is 0 Å². The Morgan fingerprint density at radius 2 is 1.90 bits per heavy atom. The van der Waals surface area contributed by atoms with Gasteiger partial charge in [-0.15, -0.1) is 0 Å². The molecule has 0 bridgehead atoms. The summed E-state index contributed by atoms with van der Waals surface area (Å²) in [5.41, 5.74) is 1.44. The predicted octanol–water partition coefficient (Wildman–Crippen LogP) is 2.97. The van der Waals surface area contributed by atoms with Gasteiger partial charge >= 0.3 is 0 Å². The maximum absolute atomic E-state index is 5.29. The molecule has 1 saturated carbocycles. The summed E-state index contributed by atoms with van der Waals surface area (Å²) in [7, 11) is 1.73. The van der Waals surface area contributed by atoms with Gasteiger partial charge in [0.1, 0.15) is 5.75 Å². The van der Waals surface area contributed by atoms with Crippen LogP contribution in [-0.2, 0) is 0 Å². The van der Waals surface area contributed by atoms with E-state index >= 15 is 0 Å². The van der Waals surface area contributed by atoms with Crippen LogP contribution in [0, 0.1) is 5.92 Å². The molecule has 2 heterocycles. The Hall–Kier alpha value is -1.06. The van der Waals surface area contributed by atoms with E-state index in [1.807, 2.05) is 0 Å². The van der Waals surface area contributed by atoms with Crippen LogP contribution >= 0.6 is 0 Å². The molecule has 2 saturated heterocycles. The van der Waals surface area contributed by atoms with Gasteiger partial charge in [0, 0.05) is 24.7 Å². The van der Waals surface area contributed by atoms with Gasteiger partial charge in [0.05, 0.1) is 7.11 Å². The van der Waals surface area contributed by atoms with Crippen molar-refractivity contribution in [2.24, 2.45) is 5.92 Å². The standard InChI is InChI=1S/C18H26N2O/c1-21-15-8-6-14(7-9-15)18(13-4-5-13)19-16-10-12-20-11-2-3-17(16)20/h6-9,13,16-19H,2-5,10-12H2,1H3. The van der Waals surface area contributed by atoms with Crippen molar-refractivity contribution in [1.29, 1.82) is 0 Å². The minimum absolute atomic E-state index is 0.543. The fraction of sp³-hybridized carbons (Fsp3) is 0.667. The lowest BCUT2D eigenvalue weighted by Crippen LogP contribution is -2.41. The largest absolute Gasteiger partial charge is 0.497 e. The molecule has 114 valence electrons. The molecular weight excluding hydrogens is 260 g/mol. The van der Waals surface area contributed by atoms with Gasteiger partial charge in [0.25, 0.3) is 0 Å². The number of nitrogens with zero attached hydrogens (tertiary/aromatic N) is 1. The molecule has 2 aliphatic heterocycles. The lowest BCUT2D eigenvalue weighted by Gasteiger charge is -2.27. The first-order chi connectivity index (χ1) is 10.3. The number of ether oxygens (including phenoxy) is 1. The smallest absolute Gasteiger partial charge is 0.118 e. The molecule has 3 unspecified atom stereocenters. The molecule has 1 aromatic rings. The van der Waals surface area contributed by atoms with E-state index in [0.717, 1.165) is 17.7 Å². The van der Waals surface area contributed by atoms with E-state index in [9.17, 15) is 0 Å². The van der Waals surface area contributed by atoms with Crippen LogP contribution in [0.5, 0.6) is 5.75 Å².